The maximum absolute atomic E-state index is 11.6. The van der Waals surface area contributed by atoms with Gasteiger partial charge in [-0.15, -0.1) is 0 Å². The van der Waals surface area contributed by atoms with Gasteiger partial charge in [0.1, 0.15) is 0 Å². The van der Waals surface area contributed by atoms with Crippen LogP contribution in [0.3, 0.4) is 0 Å². The third kappa shape index (κ3) is 3.29. The van der Waals surface area contributed by atoms with Crippen LogP contribution in [0.15, 0.2) is 24.3 Å². The van der Waals surface area contributed by atoms with E-state index >= 15 is 0 Å². The molecule has 0 spiro atoms. The first-order valence-corrected chi connectivity index (χ1v) is 9.38. The van der Waals surface area contributed by atoms with E-state index in [2.05, 4.69) is 34.5 Å². The van der Waals surface area contributed by atoms with Crippen LogP contribution in [-0.4, -0.2) is 56.6 Å². The number of sulfonamides is 1. The van der Waals surface area contributed by atoms with Gasteiger partial charge < -0.3 is 5.32 Å². The molecule has 3 rings (SSSR count). The van der Waals surface area contributed by atoms with Gasteiger partial charge >= 0.3 is 0 Å². The number of fused-ring (bicyclic) bond motifs is 1. The smallest absolute Gasteiger partial charge is 0.211 e. The molecule has 5 nitrogen and oxygen atoms in total. The SMILES string of the molecule is CS(=O)(=O)N1CCN(C2CCNCc3ccccc32)CC1. The minimum Gasteiger partial charge on any atom is -0.313 e. The summed E-state index contributed by atoms with van der Waals surface area (Å²) >= 11 is 0. The van der Waals surface area contributed by atoms with Gasteiger partial charge in [0.05, 0.1) is 6.26 Å². The first-order chi connectivity index (χ1) is 10.1. The lowest BCUT2D eigenvalue weighted by Gasteiger charge is -2.38. The molecular weight excluding hydrogens is 286 g/mol. The van der Waals surface area contributed by atoms with E-state index in [1.165, 1.54) is 17.4 Å². The van der Waals surface area contributed by atoms with Crippen LogP contribution in [0.1, 0.15) is 23.6 Å². The van der Waals surface area contributed by atoms with Crippen LogP contribution in [0.25, 0.3) is 0 Å². The lowest BCUT2D eigenvalue weighted by atomic mass is 9.97. The molecule has 1 aromatic rings. The van der Waals surface area contributed by atoms with Crippen molar-refractivity contribution < 1.29 is 8.42 Å². The first kappa shape index (κ1) is 15.0. The van der Waals surface area contributed by atoms with Crippen LogP contribution in [0.2, 0.25) is 0 Å². The van der Waals surface area contributed by atoms with Crippen LogP contribution < -0.4 is 5.32 Å². The molecule has 1 N–H and O–H groups in total. The molecule has 0 aromatic heterocycles. The fourth-order valence-corrected chi connectivity index (χ4v) is 4.19. The Bertz CT molecular complexity index is 595. The summed E-state index contributed by atoms with van der Waals surface area (Å²) in [6, 6.07) is 9.00. The summed E-state index contributed by atoms with van der Waals surface area (Å²) < 4.78 is 24.8. The summed E-state index contributed by atoms with van der Waals surface area (Å²) in [5.74, 6) is 0. The topological polar surface area (TPSA) is 52.7 Å². The molecule has 1 fully saturated rings. The average Bonchev–Trinajstić information content (AvgIpc) is 2.69. The molecular formula is C15H23N3O2S. The Balaban J connectivity index is 1.76. The summed E-state index contributed by atoms with van der Waals surface area (Å²) in [5.41, 5.74) is 2.76. The highest BCUT2D eigenvalue weighted by Crippen LogP contribution is 2.30. The monoisotopic (exact) mass is 309 g/mol. The second-order valence-corrected chi connectivity index (χ2v) is 7.86. The van der Waals surface area contributed by atoms with Crippen molar-refractivity contribution in [3.8, 4) is 0 Å². The molecule has 0 radical (unpaired) electrons. The van der Waals surface area contributed by atoms with Gasteiger partial charge in [-0.1, -0.05) is 24.3 Å². The largest absolute Gasteiger partial charge is 0.313 e. The Kier molecular flexibility index (Phi) is 4.31. The lowest BCUT2D eigenvalue weighted by Crippen LogP contribution is -2.49. The molecule has 6 heteroatoms. The second kappa shape index (κ2) is 6.04. The predicted molar refractivity (Wildman–Crippen MR) is 83.5 cm³/mol. The van der Waals surface area contributed by atoms with E-state index in [4.69, 9.17) is 0 Å². The van der Waals surface area contributed by atoms with Crippen LogP contribution in [0.5, 0.6) is 0 Å². The lowest BCUT2D eigenvalue weighted by molar-refractivity contribution is 0.132. The summed E-state index contributed by atoms with van der Waals surface area (Å²) in [6.45, 7) is 4.76. The molecule has 2 heterocycles. The Morgan fingerprint density at radius 3 is 2.57 bits per heavy atom. The minimum absolute atomic E-state index is 0.401. The maximum Gasteiger partial charge on any atom is 0.211 e. The number of nitrogens with zero attached hydrogens (tertiary/aromatic N) is 2. The Morgan fingerprint density at radius 2 is 1.86 bits per heavy atom. The van der Waals surface area contributed by atoms with Crippen LogP contribution in [0, 0.1) is 0 Å². The van der Waals surface area contributed by atoms with E-state index in [1.807, 2.05) is 0 Å². The van der Waals surface area contributed by atoms with Gasteiger partial charge in [0.15, 0.2) is 0 Å². The highest BCUT2D eigenvalue weighted by atomic mass is 32.2. The van der Waals surface area contributed by atoms with E-state index in [1.54, 1.807) is 4.31 Å². The third-order valence-corrected chi connectivity index (χ3v) is 5.81. The fraction of sp³-hybridized carbons (Fsp3) is 0.600. The average molecular weight is 309 g/mol. The van der Waals surface area contributed by atoms with Crippen molar-refractivity contribution in [2.24, 2.45) is 0 Å². The zero-order chi connectivity index (χ0) is 14.9. The van der Waals surface area contributed by atoms with E-state index in [-0.39, 0.29) is 0 Å². The molecule has 0 amide bonds. The first-order valence-electron chi connectivity index (χ1n) is 7.53. The van der Waals surface area contributed by atoms with Gasteiger partial charge in [0.2, 0.25) is 10.0 Å². The maximum atomic E-state index is 11.6. The zero-order valence-corrected chi connectivity index (χ0v) is 13.3. The number of nitrogens with one attached hydrogen (secondary N) is 1. The van der Waals surface area contributed by atoms with Gasteiger partial charge in [-0.2, -0.15) is 4.31 Å². The number of hydrogen-bond acceptors (Lipinski definition) is 4. The standard InChI is InChI=1S/C15H23N3O2S/c1-21(19,20)18-10-8-17(9-11-18)15-6-7-16-12-13-4-2-3-5-14(13)15/h2-5,15-16H,6-12H2,1H3. The zero-order valence-electron chi connectivity index (χ0n) is 12.5. The van der Waals surface area contributed by atoms with Gasteiger partial charge in [-0.05, 0) is 24.1 Å². The number of hydrogen-bond donors (Lipinski definition) is 1. The van der Waals surface area contributed by atoms with E-state index in [0.29, 0.717) is 19.1 Å². The molecule has 116 valence electrons. The summed E-state index contributed by atoms with van der Waals surface area (Å²) in [6.07, 6.45) is 2.38. The van der Waals surface area contributed by atoms with Crippen LogP contribution in [0.4, 0.5) is 0 Å². The van der Waals surface area contributed by atoms with Gasteiger partial charge in [0, 0.05) is 38.8 Å². The third-order valence-electron chi connectivity index (χ3n) is 4.51. The molecule has 1 unspecified atom stereocenters. The fourth-order valence-electron chi connectivity index (χ4n) is 3.36. The summed E-state index contributed by atoms with van der Waals surface area (Å²) in [5, 5.41) is 3.47. The van der Waals surface area contributed by atoms with E-state index in [9.17, 15) is 8.42 Å². The van der Waals surface area contributed by atoms with E-state index in [0.717, 1.165) is 32.6 Å². The van der Waals surface area contributed by atoms with Crippen molar-refractivity contribution in [2.45, 2.75) is 19.0 Å². The summed E-state index contributed by atoms with van der Waals surface area (Å²) in [7, 11) is -3.05. The van der Waals surface area contributed by atoms with Gasteiger partial charge in [0.25, 0.3) is 0 Å². The molecule has 0 aliphatic carbocycles. The van der Waals surface area contributed by atoms with Crippen molar-refractivity contribution in [2.75, 3.05) is 39.0 Å². The van der Waals surface area contributed by atoms with Crippen LogP contribution >= 0.6 is 0 Å². The molecule has 1 saturated heterocycles. The van der Waals surface area contributed by atoms with Gasteiger partial charge in [-0.3, -0.25) is 4.90 Å². The van der Waals surface area contributed by atoms with Gasteiger partial charge in [-0.25, -0.2) is 8.42 Å². The second-order valence-electron chi connectivity index (χ2n) is 5.88. The van der Waals surface area contributed by atoms with Crippen molar-refractivity contribution in [1.82, 2.24) is 14.5 Å². The molecule has 21 heavy (non-hydrogen) atoms. The minimum atomic E-state index is -3.05. The van der Waals surface area contributed by atoms with Crippen molar-refractivity contribution in [1.29, 1.82) is 0 Å². The molecule has 1 aromatic carbocycles. The Hall–Kier alpha value is -0.950. The number of benzene rings is 1. The van der Waals surface area contributed by atoms with Crippen molar-refractivity contribution in [3.63, 3.8) is 0 Å². The van der Waals surface area contributed by atoms with Crippen molar-refractivity contribution >= 4 is 10.0 Å². The molecule has 2 aliphatic rings. The quantitative estimate of drug-likeness (QED) is 0.878. The molecule has 1 atom stereocenters. The number of piperazine rings is 1. The Morgan fingerprint density at radius 1 is 1.14 bits per heavy atom. The highest BCUT2D eigenvalue weighted by molar-refractivity contribution is 7.88. The summed E-state index contributed by atoms with van der Waals surface area (Å²) in [4.78, 5) is 2.44. The number of rotatable bonds is 2. The predicted octanol–water partition coefficient (Wildman–Crippen LogP) is 0.798. The normalized spacial score (nSPS) is 25.3. The van der Waals surface area contributed by atoms with E-state index < -0.39 is 10.0 Å². The van der Waals surface area contributed by atoms with Crippen molar-refractivity contribution in [3.05, 3.63) is 35.4 Å². The highest BCUT2D eigenvalue weighted by Gasteiger charge is 2.29. The molecule has 0 bridgehead atoms. The molecule has 2 aliphatic heterocycles. The Labute approximate surface area is 127 Å². The molecule has 0 saturated carbocycles. The van der Waals surface area contributed by atoms with Crippen LogP contribution in [-0.2, 0) is 16.6 Å².